The first-order valence-corrected chi connectivity index (χ1v) is 14.0. The molecule has 224 valence electrons. The quantitative estimate of drug-likeness (QED) is 0.350. The van der Waals surface area contributed by atoms with Gasteiger partial charge in [0, 0.05) is 26.0 Å². The van der Waals surface area contributed by atoms with Crippen molar-refractivity contribution in [3.05, 3.63) is 70.8 Å². The molecule has 1 aliphatic heterocycles. The van der Waals surface area contributed by atoms with Gasteiger partial charge in [-0.15, -0.1) is 0 Å². The molecule has 4 atom stereocenters. The van der Waals surface area contributed by atoms with E-state index in [-0.39, 0.29) is 48.9 Å². The number of aliphatic hydroxyl groups excluding tert-OH is 1. The lowest BCUT2D eigenvalue weighted by atomic mass is 9.77. The van der Waals surface area contributed by atoms with Gasteiger partial charge in [-0.1, -0.05) is 38.1 Å². The topological polar surface area (TPSA) is 108 Å². The normalized spacial score (nSPS) is 19.7. The molecular formula is C31H41F2N3O5. The van der Waals surface area contributed by atoms with Crippen LogP contribution in [0.4, 0.5) is 8.78 Å². The van der Waals surface area contributed by atoms with Crippen molar-refractivity contribution in [1.82, 2.24) is 15.5 Å². The Morgan fingerprint density at radius 3 is 2.27 bits per heavy atom. The number of carbonyl (C=O) groups excluding carboxylic acids is 3. The van der Waals surface area contributed by atoms with Gasteiger partial charge in [-0.2, -0.15) is 0 Å². The number of esters is 1. The van der Waals surface area contributed by atoms with Crippen LogP contribution in [0, 0.1) is 11.6 Å². The Bertz CT molecular complexity index is 1230. The third-order valence-electron chi connectivity index (χ3n) is 7.37. The molecule has 2 amide bonds. The zero-order valence-electron chi connectivity index (χ0n) is 24.5. The monoisotopic (exact) mass is 573 g/mol. The van der Waals surface area contributed by atoms with Crippen molar-refractivity contribution in [2.45, 2.75) is 90.1 Å². The molecule has 1 saturated heterocycles. The standard InChI is InChI=1S/C31H41F2N3O5/c1-18(2)22-8-7-9-24(12-22)31(10-11-36(27(38)16-31)17-28(39)41-19(3)4)35-29(30(40)20(5)34-21(6)37)23-13-25(32)15-26(33)14-23/h7-9,12-15,18-20,29-30,35,40H,10-11,16-17H2,1-6H3,(H,34,37)/t20-,29?,30+,31?/m0/s1. The van der Waals surface area contributed by atoms with Crippen molar-refractivity contribution in [3.63, 3.8) is 0 Å². The van der Waals surface area contributed by atoms with Crippen LogP contribution in [0.5, 0.6) is 0 Å². The number of aliphatic hydroxyl groups is 1. The Morgan fingerprint density at radius 1 is 1.05 bits per heavy atom. The van der Waals surface area contributed by atoms with Crippen molar-refractivity contribution < 1.29 is 33.0 Å². The summed E-state index contributed by atoms with van der Waals surface area (Å²) in [5.41, 5.74) is 0.856. The van der Waals surface area contributed by atoms with E-state index in [4.69, 9.17) is 4.74 Å². The molecule has 0 aliphatic carbocycles. The van der Waals surface area contributed by atoms with Crippen LogP contribution in [-0.2, 0) is 24.7 Å². The number of hydrogen-bond donors (Lipinski definition) is 3. The maximum Gasteiger partial charge on any atom is 0.325 e. The second-order valence-corrected chi connectivity index (χ2v) is 11.4. The summed E-state index contributed by atoms with van der Waals surface area (Å²) in [5.74, 6) is -2.66. The van der Waals surface area contributed by atoms with E-state index in [0.29, 0.717) is 6.42 Å². The summed E-state index contributed by atoms with van der Waals surface area (Å²) in [5, 5.41) is 17.5. The van der Waals surface area contributed by atoms with Crippen LogP contribution in [0.15, 0.2) is 42.5 Å². The molecule has 0 saturated carbocycles. The van der Waals surface area contributed by atoms with Crippen molar-refractivity contribution in [3.8, 4) is 0 Å². The summed E-state index contributed by atoms with van der Waals surface area (Å²) in [6.45, 7) is 10.5. The molecule has 8 nitrogen and oxygen atoms in total. The molecule has 1 aliphatic rings. The van der Waals surface area contributed by atoms with Crippen LogP contribution in [0.1, 0.15) is 83.0 Å². The van der Waals surface area contributed by atoms with Gasteiger partial charge in [0.1, 0.15) is 18.2 Å². The molecule has 0 bridgehead atoms. The van der Waals surface area contributed by atoms with Gasteiger partial charge in [0.25, 0.3) is 0 Å². The van der Waals surface area contributed by atoms with Crippen LogP contribution < -0.4 is 10.6 Å². The third kappa shape index (κ3) is 8.33. The summed E-state index contributed by atoms with van der Waals surface area (Å²) < 4.78 is 34.0. The SMILES string of the molecule is CC(=O)N[C@@H](C)[C@@H](O)C(NC1(c2cccc(C(C)C)c2)CCN(CC(=O)OC(C)C)C(=O)C1)c1cc(F)cc(F)c1. The lowest BCUT2D eigenvalue weighted by molar-refractivity contribution is -0.154. The second kappa shape index (κ2) is 13.5. The number of ether oxygens (including phenoxy) is 1. The highest BCUT2D eigenvalue weighted by molar-refractivity contribution is 5.84. The minimum absolute atomic E-state index is 0.0843. The molecule has 2 aromatic rings. The van der Waals surface area contributed by atoms with E-state index < -0.39 is 41.3 Å². The predicted octanol–water partition coefficient (Wildman–Crippen LogP) is 4.07. The number of nitrogens with zero attached hydrogens (tertiary/aromatic N) is 1. The van der Waals surface area contributed by atoms with Crippen LogP contribution in [0.25, 0.3) is 0 Å². The molecule has 0 spiro atoms. The van der Waals surface area contributed by atoms with Crippen LogP contribution >= 0.6 is 0 Å². The molecule has 0 aromatic heterocycles. The van der Waals surface area contributed by atoms with Crippen LogP contribution in [-0.4, -0.2) is 59.1 Å². The maximum atomic E-state index is 14.4. The van der Waals surface area contributed by atoms with Gasteiger partial charge in [0.2, 0.25) is 11.8 Å². The zero-order valence-corrected chi connectivity index (χ0v) is 24.5. The number of hydrogen-bond acceptors (Lipinski definition) is 6. The Kier molecular flexibility index (Phi) is 10.6. The Morgan fingerprint density at radius 2 is 1.71 bits per heavy atom. The molecule has 3 N–H and O–H groups in total. The van der Waals surface area contributed by atoms with E-state index in [0.717, 1.165) is 29.3 Å². The zero-order chi connectivity index (χ0) is 30.5. The number of rotatable bonds is 11. The van der Waals surface area contributed by atoms with Crippen LogP contribution in [0.2, 0.25) is 0 Å². The summed E-state index contributed by atoms with van der Waals surface area (Å²) in [7, 11) is 0. The average Bonchev–Trinajstić information content (AvgIpc) is 2.87. The number of piperidine rings is 1. The van der Waals surface area contributed by atoms with Gasteiger partial charge < -0.3 is 20.1 Å². The number of benzene rings is 2. The van der Waals surface area contributed by atoms with Gasteiger partial charge in [-0.3, -0.25) is 19.7 Å². The lowest BCUT2D eigenvalue weighted by Gasteiger charge is -2.46. The maximum absolute atomic E-state index is 14.4. The first-order valence-electron chi connectivity index (χ1n) is 14.0. The lowest BCUT2D eigenvalue weighted by Crippen LogP contribution is -2.58. The summed E-state index contributed by atoms with van der Waals surface area (Å²) >= 11 is 0. The molecule has 3 rings (SSSR count). The smallest absolute Gasteiger partial charge is 0.325 e. The van der Waals surface area contributed by atoms with E-state index in [1.807, 2.05) is 38.1 Å². The van der Waals surface area contributed by atoms with Crippen molar-refractivity contribution in [1.29, 1.82) is 0 Å². The minimum atomic E-state index is -1.32. The molecule has 0 radical (unpaired) electrons. The Balaban J connectivity index is 2.08. The van der Waals surface area contributed by atoms with E-state index in [2.05, 4.69) is 10.6 Å². The summed E-state index contributed by atoms with van der Waals surface area (Å²) in [4.78, 5) is 39.1. The Hall–Kier alpha value is -3.37. The summed E-state index contributed by atoms with van der Waals surface area (Å²) in [6.07, 6.45) is -1.38. The molecular weight excluding hydrogens is 532 g/mol. The highest BCUT2D eigenvalue weighted by atomic mass is 19.1. The highest BCUT2D eigenvalue weighted by Gasteiger charge is 2.44. The molecule has 2 aromatic carbocycles. The van der Waals surface area contributed by atoms with Gasteiger partial charge in [0.05, 0.1) is 29.8 Å². The average molecular weight is 574 g/mol. The molecule has 41 heavy (non-hydrogen) atoms. The van der Waals surface area contributed by atoms with Gasteiger partial charge >= 0.3 is 5.97 Å². The van der Waals surface area contributed by atoms with Gasteiger partial charge in [-0.25, -0.2) is 8.78 Å². The fourth-order valence-corrected chi connectivity index (χ4v) is 5.29. The van der Waals surface area contributed by atoms with Crippen LogP contribution in [0.3, 0.4) is 0 Å². The number of halogens is 2. The van der Waals surface area contributed by atoms with Gasteiger partial charge in [0.15, 0.2) is 0 Å². The highest BCUT2D eigenvalue weighted by Crippen LogP contribution is 2.38. The number of likely N-dealkylation sites (tertiary alicyclic amines) is 1. The van der Waals surface area contributed by atoms with Crippen molar-refractivity contribution in [2.75, 3.05) is 13.1 Å². The number of carbonyl (C=O) groups is 3. The number of amides is 2. The summed E-state index contributed by atoms with van der Waals surface area (Å²) in [6, 6.07) is 8.86. The van der Waals surface area contributed by atoms with Crippen molar-refractivity contribution in [2.24, 2.45) is 0 Å². The minimum Gasteiger partial charge on any atom is -0.462 e. The first kappa shape index (κ1) is 32.1. The van der Waals surface area contributed by atoms with Crippen molar-refractivity contribution >= 4 is 17.8 Å². The largest absolute Gasteiger partial charge is 0.462 e. The molecule has 10 heteroatoms. The van der Waals surface area contributed by atoms with E-state index in [1.165, 1.54) is 11.8 Å². The molecule has 1 fully saturated rings. The molecule has 2 unspecified atom stereocenters. The fourth-order valence-electron chi connectivity index (χ4n) is 5.29. The van der Waals surface area contributed by atoms with E-state index in [9.17, 15) is 28.3 Å². The fraction of sp³-hybridized carbons (Fsp3) is 0.516. The predicted molar refractivity (Wildman–Crippen MR) is 151 cm³/mol. The van der Waals surface area contributed by atoms with Gasteiger partial charge in [-0.05, 0) is 61.9 Å². The third-order valence-corrected chi connectivity index (χ3v) is 7.37. The number of nitrogens with one attached hydrogen (secondary N) is 2. The Labute approximate surface area is 240 Å². The van der Waals surface area contributed by atoms with E-state index in [1.54, 1.807) is 20.8 Å². The van der Waals surface area contributed by atoms with E-state index >= 15 is 0 Å². The molecule has 1 heterocycles. The second-order valence-electron chi connectivity index (χ2n) is 11.4. The first-order chi connectivity index (χ1) is 19.2.